The fraction of sp³-hybridized carbons (Fsp3) is 0.464. The van der Waals surface area contributed by atoms with E-state index in [-0.39, 0.29) is 24.8 Å². The summed E-state index contributed by atoms with van der Waals surface area (Å²) in [5.74, 6) is 0.577. The zero-order chi connectivity index (χ0) is 28.8. The van der Waals surface area contributed by atoms with Crippen molar-refractivity contribution < 1.29 is 23.5 Å². The van der Waals surface area contributed by atoms with E-state index in [1.807, 2.05) is 19.2 Å². The lowest BCUT2D eigenvalue weighted by atomic mass is 10.1. The molecule has 2 aromatic carbocycles. The number of amides is 3. The van der Waals surface area contributed by atoms with E-state index < -0.39 is 6.17 Å². The molecule has 1 atom stereocenters. The highest BCUT2D eigenvalue weighted by atomic mass is 19.1. The van der Waals surface area contributed by atoms with Crippen molar-refractivity contribution in [2.45, 2.75) is 52.7 Å². The summed E-state index contributed by atoms with van der Waals surface area (Å²) in [6.07, 6.45) is 4.22. The number of likely N-dealkylation sites (N-methyl/N-ethyl adjacent to an activating group) is 1. The standard InChI is InChI=1S/C10H14O.C8H10FN.C7H12N4O3.C3H8/c1-3-4-9-5-7-10(11-2)8-6-9;1-10-6-7-2-4-8(9)5-3-7;1-10-3-7(14)9-6(2-8-4-12)11(10)5-13;1-3-2/h5-8H,3-4H2,1-2H3;2-5,10H,6H2,1H3;4-6H,2-3H2,1H3,(H,8,12)(H,9,14);3H2,1-2H3. The van der Waals surface area contributed by atoms with E-state index in [1.165, 1.54) is 40.6 Å². The highest BCUT2D eigenvalue weighted by Crippen LogP contribution is 2.12. The molecule has 1 aliphatic heterocycles. The van der Waals surface area contributed by atoms with Crippen molar-refractivity contribution in [1.82, 2.24) is 26.0 Å². The van der Waals surface area contributed by atoms with E-state index in [4.69, 9.17) is 4.74 Å². The fourth-order valence-electron chi connectivity index (χ4n) is 3.17. The van der Waals surface area contributed by atoms with Gasteiger partial charge in [-0.2, -0.15) is 0 Å². The summed E-state index contributed by atoms with van der Waals surface area (Å²) in [6, 6.07) is 14.7. The van der Waals surface area contributed by atoms with Gasteiger partial charge < -0.3 is 20.7 Å². The molecule has 0 bridgehead atoms. The van der Waals surface area contributed by atoms with Crippen LogP contribution in [0.2, 0.25) is 0 Å². The second kappa shape index (κ2) is 21.6. The molecule has 1 saturated heterocycles. The molecule has 0 spiro atoms. The molecule has 3 N–H and O–H groups in total. The number of benzene rings is 2. The Balaban J connectivity index is 0.000000520. The first kappa shape index (κ1) is 34.5. The number of nitrogens with one attached hydrogen (secondary N) is 3. The molecule has 0 saturated carbocycles. The van der Waals surface area contributed by atoms with Crippen LogP contribution in [0.1, 0.15) is 44.7 Å². The second-order valence-electron chi connectivity index (χ2n) is 8.37. The Hall–Kier alpha value is -3.50. The minimum atomic E-state index is -0.510. The van der Waals surface area contributed by atoms with E-state index in [0.29, 0.717) is 12.8 Å². The first-order chi connectivity index (χ1) is 18.3. The van der Waals surface area contributed by atoms with Crippen LogP contribution in [0.5, 0.6) is 5.75 Å². The molecular formula is C28H44FN5O4. The Morgan fingerprint density at radius 1 is 1.05 bits per heavy atom. The topological polar surface area (TPSA) is 103 Å². The van der Waals surface area contributed by atoms with Crippen molar-refractivity contribution >= 4 is 18.7 Å². The normalized spacial score (nSPS) is 14.2. The van der Waals surface area contributed by atoms with Crippen LogP contribution >= 0.6 is 0 Å². The van der Waals surface area contributed by atoms with Gasteiger partial charge in [0, 0.05) is 13.6 Å². The lowest BCUT2D eigenvalue weighted by Gasteiger charge is -2.39. The maximum atomic E-state index is 12.3. The van der Waals surface area contributed by atoms with E-state index in [0.717, 1.165) is 24.3 Å². The highest BCUT2D eigenvalue weighted by Gasteiger charge is 2.28. The molecule has 1 fully saturated rings. The number of halogens is 1. The van der Waals surface area contributed by atoms with Gasteiger partial charge in [-0.15, -0.1) is 0 Å². The van der Waals surface area contributed by atoms with Gasteiger partial charge in [-0.25, -0.2) is 9.40 Å². The van der Waals surface area contributed by atoms with E-state index >= 15 is 0 Å². The molecule has 0 aromatic heterocycles. The maximum Gasteiger partial charge on any atom is 0.237 e. The molecular weight excluding hydrogens is 489 g/mol. The summed E-state index contributed by atoms with van der Waals surface area (Å²) in [7, 11) is 5.18. The molecule has 3 amide bonds. The third-order valence-electron chi connectivity index (χ3n) is 4.91. The largest absolute Gasteiger partial charge is 0.497 e. The van der Waals surface area contributed by atoms with E-state index in [2.05, 4.69) is 48.9 Å². The summed E-state index contributed by atoms with van der Waals surface area (Å²) >= 11 is 0. The first-order valence-corrected chi connectivity index (χ1v) is 12.7. The summed E-state index contributed by atoms with van der Waals surface area (Å²) in [5, 5.41) is 10.8. The van der Waals surface area contributed by atoms with Gasteiger partial charge in [0.2, 0.25) is 18.7 Å². The van der Waals surface area contributed by atoms with Crippen molar-refractivity contribution in [2.24, 2.45) is 0 Å². The number of hydrazine groups is 1. The number of ether oxygens (including phenoxy) is 1. The Morgan fingerprint density at radius 2 is 1.63 bits per heavy atom. The van der Waals surface area contributed by atoms with Crippen molar-refractivity contribution in [3.63, 3.8) is 0 Å². The Labute approximate surface area is 226 Å². The predicted molar refractivity (Wildman–Crippen MR) is 149 cm³/mol. The number of carbonyl (C=O) groups is 3. The Bertz CT molecular complexity index is 897. The van der Waals surface area contributed by atoms with Crippen molar-refractivity contribution in [1.29, 1.82) is 0 Å². The molecule has 3 rings (SSSR count). The van der Waals surface area contributed by atoms with Crippen LogP contribution < -0.4 is 20.7 Å². The van der Waals surface area contributed by atoms with Gasteiger partial charge in [-0.05, 0) is 48.9 Å². The number of nitrogens with zero attached hydrogens (tertiary/aromatic N) is 2. The van der Waals surface area contributed by atoms with Gasteiger partial charge in [-0.3, -0.25) is 19.4 Å². The smallest absolute Gasteiger partial charge is 0.237 e. The molecule has 1 heterocycles. The SMILES string of the molecule is CCC.CCCc1ccc(OC)cc1.CN1CC(=O)NC(CNC=O)N1C=O.CNCc1ccc(F)cc1. The lowest BCUT2D eigenvalue weighted by Crippen LogP contribution is -2.64. The molecule has 0 aliphatic carbocycles. The average Bonchev–Trinajstić information content (AvgIpc) is 2.90. The van der Waals surface area contributed by atoms with Gasteiger partial charge in [0.05, 0.1) is 20.2 Å². The molecule has 1 aliphatic rings. The summed E-state index contributed by atoms with van der Waals surface area (Å²) in [6.45, 7) is 7.55. The summed E-state index contributed by atoms with van der Waals surface area (Å²) in [5.41, 5.74) is 2.48. The van der Waals surface area contributed by atoms with Crippen molar-refractivity contribution in [2.75, 3.05) is 34.3 Å². The van der Waals surface area contributed by atoms with Crippen LogP contribution in [0, 0.1) is 5.82 Å². The zero-order valence-electron chi connectivity index (χ0n) is 23.5. The van der Waals surface area contributed by atoms with Crippen LogP contribution in [0.25, 0.3) is 0 Å². The second-order valence-corrected chi connectivity index (χ2v) is 8.37. The average molecular weight is 534 g/mol. The van der Waals surface area contributed by atoms with Crippen LogP contribution in [0.4, 0.5) is 4.39 Å². The quantitative estimate of drug-likeness (QED) is 0.428. The van der Waals surface area contributed by atoms with Gasteiger partial charge in [0.15, 0.2) is 0 Å². The molecule has 212 valence electrons. The highest BCUT2D eigenvalue weighted by molar-refractivity contribution is 5.79. The van der Waals surface area contributed by atoms with Gasteiger partial charge in [-0.1, -0.05) is 57.9 Å². The van der Waals surface area contributed by atoms with Crippen LogP contribution in [-0.2, 0) is 27.3 Å². The van der Waals surface area contributed by atoms with Gasteiger partial charge in [0.1, 0.15) is 17.7 Å². The molecule has 9 nitrogen and oxygen atoms in total. The number of carbonyl (C=O) groups excluding carboxylic acids is 3. The van der Waals surface area contributed by atoms with Crippen molar-refractivity contribution in [3.05, 3.63) is 65.5 Å². The minimum absolute atomic E-state index is 0.135. The van der Waals surface area contributed by atoms with Crippen molar-refractivity contribution in [3.8, 4) is 5.75 Å². The number of hydrogen-bond acceptors (Lipinski definition) is 6. The Morgan fingerprint density at radius 3 is 2.11 bits per heavy atom. The molecule has 1 unspecified atom stereocenters. The summed E-state index contributed by atoms with van der Waals surface area (Å²) in [4.78, 5) is 31.8. The molecule has 2 aromatic rings. The lowest BCUT2D eigenvalue weighted by molar-refractivity contribution is -0.155. The third kappa shape index (κ3) is 14.9. The predicted octanol–water partition coefficient (Wildman–Crippen LogP) is 3.10. The molecule has 10 heteroatoms. The van der Waals surface area contributed by atoms with Gasteiger partial charge in [0.25, 0.3) is 0 Å². The monoisotopic (exact) mass is 533 g/mol. The van der Waals surface area contributed by atoms with Crippen LogP contribution in [0.15, 0.2) is 48.5 Å². The number of methoxy groups -OCH3 is 1. The molecule has 38 heavy (non-hydrogen) atoms. The Kier molecular flexibility index (Phi) is 19.6. The van der Waals surface area contributed by atoms with Crippen LogP contribution in [-0.4, -0.2) is 69.2 Å². The number of aryl methyl sites for hydroxylation is 1. The maximum absolute atomic E-state index is 12.3. The van der Waals surface area contributed by atoms with E-state index in [1.54, 1.807) is 26.3 Å². The third-order valence-corrected chi connectivity index (χ3v) is 4.91. The van der Waals surface area contributed by atoms with E-state index in [9.17, 15) is 18.8 Å². The van der Waals surface area contributed by atoms with Crippen LogP contribution in [0.3, 0.4) is 0 Å². The number of hydrogen-bond donors (Lipinski definition) is 3. The molecule has 0 radical (unpaired) electrons. The zero-order valence-corrected chi connectivity index (χ0v) is 23.5. The minimum Gasteiger partial charge on any atom is -0.497 e. The van der Waals surface area contributed by atoms with Gasteiger partial charge >= 0.3 is 0 Å². The fourth-order valence-corrected chi connectivity index (χ4v) is 3.17. The summed E-state index contributed by atoms with van der Waals surface area (Å²) < 4.78 is 17.4. The first-order valence-electron chi connectivity index (χ1n) is 12.7. The number of rotatable bonds is 9.